The Bertz CT molecular complexity index is 733. The van der Waals surface area contributed by atoms with Gasteiger partial charge >= 0.3 is 0 Å². The van der Waals surface area contributed by atoms with Crippen molar-refractivity contribution in [1.29, 1.82) is 0 Å². The van der Waals surface area contributed by atoms with Crippen molar-refractivity contribution in [2.45, 2.75) is 32.2 Å². The van der Waals surface area contributed by atoms with E-state index in [0.29, 0.717) is 37.3 Å². The minimum absolute atomic E-state index is 0.234. The molecule has 2 aromatic carbocycles. The van der Waals surface area contributed by atoms with Crippen LogP contribution in [0.2, 0.25) is 0 Å². The number of likely N-dealkylation sites (N-methyl/N-ethyl adjacent to an activating group) is 1. The van der Waals surface area contributed by atoms with E-state index in [1.165, 1.54) is 17.7 Å². The summed E-state index contributed by atoms with van der Waals surface area (Å²) in [4.78, 5) is 2.19. The van der Waals surface area contributed by atoms with E-state index in [9.17, 15) is 8.78 Å². The Kier molecular flexibility index (Phi) is 11.5. The number of hydrogen-bond donors (Lipinski definition) is 1. The van der Waals surface area contributed by atoms with Crippen LogP contribution in [0.3, 0.4) is 0 Å². The van der Waals surface area contributed by atoms with Crippen LogP contribution in [0.15, 0.2) is 66.5 Å². The largest absolute Gasteiger partial charge is 0.327 e. The monoisotopic (exact) mass is 384 g/mol. The highest BCUT2D eigenvalue weighted by Gasteiger charge is 2.07. The molecule has 0 unspecified atom stereocenters. The first-order chi connectivity index (χ1) is 13.5. The average molecular weight is 385 g/mol. The summed E-state index contributed by atoms with van der Waals surface area (Å²) in [5.74, 6) is 2.40. The number of nitrogens with two attached hydrogens (primary N) is 1. The second kappa shape index (κ2) is 13.7. The Morgan fingerprint density at radius 1 is 1.14 bits per heavy atom. The van der Waals surface area contributed by atoms with Gasteiger partial charge in [-0.3, -0.25) is 4.90 Å². The zero-order valence-electron chi connectivity index (χ0n) is 16.7. The maximum Gasteiger partial charge on any atom is 0.123 e. The summed E-state index contributed by atoms with van der Waals surface area (Å²) in [6.07, 6.45) is 8.14. The van der Waals surface area contributed by atoms with Gasteiger partial charge in [0.15, 0.2) is 0 Å². The maximum atomic E-state index is 12.5. The Balaban J connectivity index is 0.000000280. The van der Waals surface area contributed by atoms with Gasteiger partial charge in [-0.25, -0.2) is 8.78 Å². The fraction of sp³-hybridized carbons (Fsp3) is 0.333. The fourth-order valence-corrected chi connectivity index (χ4v) is 2.57. The SMILES string of the molecule is C#CCN(C)[C@H](C)Cc1ccccc1.NC/C(=C\F)CCc1ccc(F)cc1. The second-order valence-corrected chi connectivity index (χ2v) is 6.76. The molecular weight excluding hydrogens is 354 g/mol. The molecule has 0 fully saturated rings. The van der Waals surface area contributed by atoms with Gasteiger partial charge in [0, 0.05) is 12.6 Å². The van der Waals surface area contributed by atoms with Gasteiger partial charge in [-0.1, -0.05) is 48.4 Å². The van der Waals surface area contributed by atoms with Gasteiger partial charge in [0.1, 0.15) is 5.82 Å². The lowest BCUT2D eigenvalue weighted by atomic mass is 10.1. The van der Waals surface area contributed by atoms with Crippen molar-refractivity contribution in [3.05, 3.63) is 83.4 Å². The minimum Gasteiger partial charge on any atom is -0.327 e. The Hall–Kier alpha value is -2.48. The summed E-state index contributed by atoms with van der Waals surface area (Å²) < 4.78 is 24.6. The van der Waals surface area contributed by atoms with Crippen molar-refractivity contribution < 1.29 is 8.78 Å². The molecule has 4 heteroatoms. The number of terminal acetylenes is 1. The second-order valence-electron chi connectivity index (χ2n) is 6.76. The van der Waals surface area contributed by atoms with Gasteiger partial charge in [0.2, 0.25) is 0 Å². The first-order valence-electron chi connectivity index (χ1n) is 9.40. The third-order valence-electron chi connectivity index (χ3n) is 4.53. The predicted octanol–water partition coefficient (Wildman–Crippen LogP) is 4.75. The van der Waals surface area contributed by atoms with Crippen LogP contribution < -0.4 is 5.73 Å². The zero-order valence-corrected chi connectivity index (χ0v) is 16.7. The van der Waals surface area contributed by atoms with Gasteiger partial charge in [-0.2, -0.15) is 0 Å². The van der Waals surface area contributed by atoms with E-state index in [4.69, 9.17) is 12.2 Å². The summed E-state index contributed by atoms with van der Waals surface area (Å²) in [6, 6.07) is 17.2. The number of aryl methyl sites for hydroxylation is 1. The van der Waals surface area contributed by atoms with E-state index in [0.717, 1.165) is 12.0 Å². The van der Waals surface area contributed by atoms with Crippen molar-refractivity contribution in [2.75, 3.05) is 20.1 Å². The van der Waals surface area contributed by atoms with Gasteiger partial charge in [0.05, 0.1) is 12.9 Å². The summed E-state index contributed by atoms with van der Waals surface area (Å²) in [7, 11) is 2.06. The molecule has 2 nitrogen and oxygen atoms in total. The lowest BCUT2D eigenvalue weighted by molar-refractivity contribution is 0.287. The van der Waals surface area contributed by atoms with Gasteiger partial charge < -0.3 is 5.73 Å². The number of benzene rings is 2. The third kappa shape index (κ3) is 9.45. The van der Waals surface area contributed by atoms with E-state index in [-0.39, 0.29) is 12.4 Å². The van der Waals surface area contributed by atoms with Crippen LogP contribution in [0.25, 0.3) is 0 Å². The quantitative estimate of drug-likeness (QED) is 0.666. The molecule has 0 amide bonds. The predicted molar refractivity (Wildman–Crippen MR) is 114 cm³/mol. The van der Waals surface area contributed by atoms with Crippen molar-refractivity contribution >= 4 is 0 Å². The van der Waals surface area contributed by atoms with Gasteiger partial charge in [0.25, 0.3) is 0 Å². The molecule has 0 saturated heterocycles. The zero-order chi connectivity index (χ0) is 20.8. The van der Waals surface area contributed by atoms with Crippen molar-refractivity contribution in [2.24, 2.45) is 5.73 Å². The van der Waals surface area contributed by atoms with Crippen LogP contribution in [-0.4, -0.2) is 31.1 Å². The number of hydrogen-bond acceptors (Lipinski definition) is 2. The van der Waals surface area contributed by atoms with Crippen molar-refractivity contribution in [3.63, 3.8) is 0 Å². The van der Waals surface area contributed by atoms with Crippen LogP contribution in [0.5, 0.6) is 0 Å². The molecular formula is C24H30F2N2. The molecule has 0 radical (unpaired) electrons. The molecule has 0 aromatic heterocycles. The maximum absolute atomic E-state index is 12.5. The Morgan fingerprint density at radius 3 is 2.32 bits per heavy atom. The molecule has 0 spiro atoms. The van der Waals surface area contributed by atoms with E-state index >= 15 is 0 Å². The van der Waals surface area contributed by atoms with E-state index in [1.54, 1.807) is 12.1 Å². The molecule has 0 bridgehead atoms. The molecule has 1 atom stereocenters. The normalized spacial score (nSPS) is 12.1. The Morgan fingerprint density at radius 2 is 1.79 bits per heavy atom. The topological polar surface area (TPSA) is 29.3 Å². The van der Waals surface area contributed by atoms with Gasteiger partial charge in [-0.05, 0) is 62.1 Å². The standard InChI is InChI=1S/C13H17N.C11H13F2N/c1-4-10-14(3)12(2)11-13-8-6-5-7-9-13;12-7-10(8-14)2-1-9-3-5-11(13)6-4-9/h1,5-9,12H,10-11H2,2-3H3;3-7H,1-2,8,14H2/b;10-7-/t12-;/m1./s1. The number of rotatable bonds is 8. The van der Waals surface area contributed by atoms with Crippen LogP contribution in [-0.2, 0) is 12.8 Å². The van der Waals surface area contributed by atoms with E-state index < -0.39 is 0 Å². The molecule has 0 saturated carbocycles. The van der Waals surface area contributed by atoms with Crippen LogP contribution in [0, 0.1) is 18.2 Å². The van der Waals surface area contributed by atoms with Gasteiger partial charge in [-0.15, -0.1) is 6.42 Å². The molecule has 2 aromatic rings. The fourth-order valence-electron chi connectivity index (χ4n) is 2.57. The number of halogens is 2. The molecule has 2 rings (SSSR count). The first kappa shape index (κ1) is 23.6. The Labute approximate surface area is 168 Å². The highest BCUT2D eigenvalue weighted by molar-refractivity contribution is 5.18. The number of nitrogens with zero attached hydrogens (tertiary/aromatic N) is 1. The summed E-state index contributed by atoms with van der Waals surface area (Å²) in [6.45, 7) is 3.15. The smallest absolute Gasteiger partial charge is 0.123 e. The molecule has 28 heavy (non-hydrogen) atoms. The molecule has 0 heterocycles. The minimum atomic E-state index is -0.256. The molecule has 0 aliphatic heterocycles. The highest BCUT2D eigenvalue weighted by atomic mass is 19.1. The van der Waals surface area contributed by atoms with Crippen LogP contribution >= 0.6 is 0 Å². The van der Waals surface area contributed by atoms with Crippen molar-refractivity contribution in [3.8, 4) is 12.3 Å². The molecule has 150 valence electrons. The molecule has 2 N–H and O–H groups in total. The first-order valence-corrected chi connectivity index (χ1v) is 9.40. The van der Waals surface area contributed by atoms with Crippen LogP contribution in [0.1, 0.15) is 24.5 Å². The lowest BCUT2D eigenvalue weighted by Crippen LogP contribution is -2.31. The third-order valence-corrected chi connectivity index (χ3v) is 4.53. The molecule has 0 aliphatic carbocycles. The van der Waals surface area contributed by atoms with Crippen molar-refractivity contribution in [1.82, 2.24) is 4.90 Å². The van der Waals surface area contributed by atoms with E-state index in [2.05, 4.69) is 49.1 Å². The summed E-state index contributed by atoms with van der Waals surface area (Å²) >= 11 is 0. The van der Waals surface area contributed by atoms with E-state index in [1.807, 2.05) is 6.07 Å². The summed E-state index contributed by atoms with van der Waals surface area (Å²) in [5.41, 5.74) is 8.23. The molecule has 0 aliphatic rings. The average Bonchev–Trinajstić information content (AvgIpc) is 2.71. The lowest BCUT2D eigenvalue weighted by Gasteiger charge is -2.22. The summed E-state index contributed by atoms with van der Waals surface area (Å²) in [5, 5.41) is 0. The van der Waals surface area contributed by atoms with Crippen LogP contribution in [0.4, 0.5) is 8.78 Å². The highest BCUT2D eigenvalue weighted by Crippen LogP contribution is 2.10.